The van der Waals surface area contributed by atoms with Gasteiger partial charge in [-0.15, -0.1) is 0 Å². The van der Waals surface area contributed by atoms with Gasteiger partial charge < -0.3 is 19.7 Å². The van der Waals surface area contributed by atoms with E-state index in [1.54, 1.807) is 0 Å². The maximum Gasteiger partial charge on any atom is 0.410 e. The number of hydrogen-bond donors (Lipinski definition) is 1. The Morgan fingerprint density at radius 1 is 1.03 bits per heavy atom. The second-order valence-corrected chi connectivity index (χ2v) is 11.4. The molecule has 8 heteroatoms. The van der Waals surface area contributed by atoms with Gasteiger partial charge in [-0.1, -0.05) is 36.4 Å². The summed E-state index contributed by atoms with van der Waals surface area (Å²) in [5, 5.41) is 2.94. The molecule has 37 heavy (non-hydrogen) atoms. The first-order valence-corrected chi connectivity index (χ1v) is 13.2. The third-order valence-corrected chi connectivity index (χ3v) is 7.49. The van der Waals surface area contributed by atoms with Gasteiger partial charge in [0.25, 0.3) is 0 Å². The van der Waals surface area contributed by atoms with Gasteiger partial charge in [0.05, 0.1) is 17.8 Å². The van der Waals surface area contributed by atoms with E-state index in [1.807, 2.05) is 68.1 Å². The number of amides is 2. The van der Waals surface area contributed by atoms with Crippen LogP contribution >= 0.6 is 0 Å². The lowest BCUT2D eigenvalue weighted by Gasteiger charge is -2.42. The molecule has 1 N–H and O–H groups in total. The van der Waals surface area contributed by atoms with Crippen molar-refractivity contribution in [1.29, 1.82) is 0 Å². The van der Waals surface area contributed by atoms with E-state index in [1.165, 1.54) is 0 Å². The Bertz CT molecular complexity index is 1140. The van der Waals surface area contributed by atoms with E-state index in [-0.39, 0.29) is 36.6 Å². The van der Waals surface area contributed by atoms with E-state index < -0.39 is 11.7 Å². The number of benzene rings is 2. The zero-order valence-electron chi connectivity index (χ0n) is 21.8. The second-order valence-electron chi connectivity index (χ2n) is 11.4. The van der Waals surface area contributed by atoms with E-state index >= 15 is 4.39 Å². The number of nitrogens with zero attached hydrogens (tertiary/aromatic N) is 2. The van der Waals surface area contributed by atoms with Gasteiger partial charge in [0.1, 0.15) is 18.0 Å². The highest BCUT2D eigenvalue weighted by molar-refractivity contribution is 5.70. The SMILES string of the molecule is CC(C)(C)OC(=O)N1C2CCC1CN(c1ccc3c(c1F)CCC(NC(=O)OCc1ccccc1)C3)C2. The number of fused-ring (bicyclic) bond motifs is 3. The summed E-state index contributed by atoms with van der Waals surface area (Å²) >= 11 is 0. The molecule has 1 aliphatic carbocycles. The van der Waals surface area contributed by atoms with Crippen LogP contribution in [-0.4, -0.2) is 53.9 Å². The van der Waals surface area contributed by atoms with Crippen LogP contribution in [0.4, 0.5) is 19.7 Å². The Hall–Kier alpha value is -3.29. The van der Waals surface area contributed by atoms with Gasteiger partial charge >= 0.3 is 12.2 Å². The van der Waals surface area contributed by atoms with Gasteiger partial charge in [-0.2, -0.15) is 0 Å². The monoisotopic (exact) mass is 509 g/mol. The largest absolute Gasteiger partial charge is 0.445 e. The highest BCUT2D eigenvalue weighted by Crippen LogP contribution is 2.37. The van der Waals surface area contributed by atoms with Gasteiger partial charge in [-0.25, -0.2) is 14.0 Å². The third kappa shape index (κ3) is 5.68. The lowest BCUT2D eigenvalue weighted by atomic mass is 9.87. The number of halogens is 1. The molecule has 3 atom stereocenters. The number of anilines is 1. The number of carbonyl (C=O) groups excluding carboxylic acids is 2. The number of ether oxygens (including phenoxy) is 2. The quantitative estimate of drug-likeness (QED) is 0.614. The molecule has 2 heterocycles. The van der Waals surface area contributed by atoms with Gasteiger partial charge in [0.2, 0.25) is 0 Å². The summed E-state index contributed by atoms with van der Waals surface area (Å²) in [6.45, 7) is 7.04. The molecule has 2 aromatic rings. The molecule has 0 saturated carbocycles. The van der Waals surface area contributed by atoms with E-state index in [0.717, 1.165) is 29.5 Å². The summed E-state index contributed by atoms with van der Waals surface area (Å²) < 4.78 is 26.7. The van der Waals surface area contributed by atoms with Crippen LogP contribution in [0, 0.1) is 5.82 Å². The zero-order valence-corrected chi connectivity index (χ0v) is 21.8. The molecule has 2 aliphatic heterocycles. The van der Waals surface area contributed by atoms with Crippen molar-refractivity contribution in [3.8, 4) is 0 Å². The molecule has 2 amide bonds. The summed E-state index contributed by atoms with van der Waals surface area (Å²) in [6.07, 6.45) is 2.88. The first-order chi connectivity index (χ1) is 17.7. The summed E-state index contributed by atoms with van der Waals surface area (Å²) in [5.41, 5.74) is 2.66. The summed E-state index contributed by atoms with van der Waals surface area (Å²) in [7, 11) is 0. The molecular formula is C29H36FN3O4. The van der Waals surface area contributed by atoms with E-state index in [0.29, 0.717) is 38.0 Å². The molecular weight excluding hydrogens is 473 g/mol. The fourth-order valence-electron chi connectivity index (χ4n) is 5.81. The summed E-state index contributed by atoms with van der Waals surface area (Å²) in [6, 6.07) is 13.4. The average molecular weight is 510 g/mol. The molecule has 2 bridgehead atoms. The second kappa shape index (κ2) is 10.2. The number of carbonyl (C=O) groups is 2. The molecule has 2 saturated heterocycles. The number of nitrogens with one attached hydrogen (secondary N) is 1. The Morgan fingerprint density at radius 2 is 1.73 bits per heavy atom. The first kappa shape index (κ1) is 25.4. The third-order valence-electron chi connectivity index (χ3n) is 7.49. The van der Waals surface area contributed by atoms with Crippen molar-refractivity contribution in [3.05, 3.63) is 65.0 Å². The van der Waals surface area contributed by atoms with Crippen LogP contribution < -0.4 is 10.2 Å². The van der Waals surface area contributed by atoms with Crippen molar-refractivity contribution in [1.82, 2.24) is 10.2 Å². The minimum atomic E-state index is -0.538. The van der Waals surface area contributed by atoms with E-state index in [9.17, 15) is 9.59 Å². The van der Waals surface area contributed by atoms with Crippen LogP contribution in [0.15, 0.2) is 42.5 Å². The lowest BCUT2D eigenvalue weighted by molar-refractivity contribution is 0.0123. The van der Waals surface area contributed by atoms with Crippen LogP contribution in [0.5, 0.6) is 0 Å². The normalized spacial score (nSPS) is 22.9. The Balaban J connectivity index is 1.20. The molecule has 3 unspecified atom stereocenters. The van der Waals surface area contributed by atoms with Gasteiger partial charge in [0.15, 0.2) is 0 Å². The molecule has 7 nitrogen and oxygen atoms in total. The molecule has 2 fully saturated rings. The standard InChI is InChI=1S/C29H36FN3O4/c1-29(2,3)37-28(35)33-22-11-12-23(33)17-32(16-22)25-14-9-20-15-21(10-13-24(20)26(25)30)31-27(34)36-18-19-7-5-4-6-8-19/h4-9,14,21-23H,10-13,15-18H2,1-3H3,(H,31,34). The van der Waals surface area contributed by atoms with Crippen molar-refractivity contribution in [2.24, 2.45) is 0 Å². The fraction of sp³-hybridized carbons (Fsp3) is 0.517. The average Bonchev–Trinajstić information content (AvgIpc) is 3.12. The topological polar surface area (TPSA) is 71.1 Å². The van der Waals surface area contributed by atoms with Crippen molar-refractivity contribution in [2.75, 3.05) is 18.0 Å². The highest BCUT2D eigenvalue weighted by Gasteiger charge is 2.45. The van der Waals surface area contributed by atoms with Gasteiger partial charge in [-0.05, 0) is 75.6 Å². The lowest BCUT2D eigenvalue weighted by Crippen LogP contribution is -2.57. The van der Waals surface area contributed by atoms with Crippen molar-refractivity contribution in [2.45, 2.75) is 83.2 Å². The number of rotatable bonds is 4. The van der Waals surface area contributed by atoms with Crippen LogP contribution in [0.2, 0.25) is 0 Å². The Labute approximate surface area is 217 Å². The molecule has 2 aromatic carbocycles. The molecule has 5 rings (SSSR count). The van der Waals surface area contributed by atoms with Crippen LogP contribution in [-0.2, 0) is 28.9 Å². The fourth-order valence-corrected chi connectivity index (χ4v) is 5.81. The predicted molar refractivity (Wildman–Crippen MR) is 139 cm³/mol. The Morgan fingerprint density at radius 3 is 2.41 bits per heavy atom. The van der Waals surface area contributed by atoms with Crippen LogP contribution in [0.25, 0.3) is 0 Å². The maximum absolute atomic E-state index is 15.7. The summed E-state index contributed by atoms with van der Waals surface area (Å²) in [5.74, 6) is -0.173. The minimum Gasteiger partial charge on any atom is -0.445 e. The van der Waals surface area contributed by atoms with Gasteiger partial charge in [0, 0.05) is 19.1 Å². The van der Waals surface area contributed by atoms with Crippen molar-refractivity contribution in [3.63, 3.8) is 0 Å². The van der Waals surface area contributed by atoms with Crippen LogP contribution in [0.1, 0.15) is 56.7 Å². The van der Waals surface area contributed by atoms with E-state index in [2.05, 4.69) is 10.2 Å². The van der Waals surface area contributed by atoms with Crippen molar-refractivity contribution >= 4 is 17.9 Å². The minimum absolute atomic E-state index is 0.0273. The zero-order chi connectivity index (χ0) is 26.2. The smallest absolute Gasteiger partial charge is 0.410 e. The maximum atomic E-state index is 15.7. The molecule has 0 aromatic heterocycles. The van der Waals surface area contributed by atoms with Crippen LogP contribution in [0.3, 0.4) is 0 Å². The molecule has 0 spiro atoms. The Kier molecular flexibility index (Phi) is 7.01. The van der Waals surface area contributed by atoms with Crippen molar-refractivity contribution < 1.29 is 23.5 Å². The number of hydrogen-bond acceptors (Lipinski definition) is 5. The van der Waals surface area contributed by atoms with E-state index in [4.69, 9.17) is 9.47 Å². The summed E-state index contributed by atoms with van der Waals surface area (Å²) in [4.78, 5) is 29.0. The molecule has 3 aliphatic rings. The molecule has 0 radical (unpaired) electrons. The number of piperazine rings is 1. The van der Waals surface area contributed by atoms with Gasteiger partial charge in [-0.3, -0.25) is 4.90 Å². The first-order valence-electron chi connectivity index (χ1n) is 13.2. The predicted octanol–water partition coefficient (Wildman–Crippen LogP) is 5.20. The number of alkyl carbamates (subject to hydrolysis) is 1. The highest BCUT2D eigenvalue weighted by atomic mass is 19.1. The molecule has 198 valence electrons.